The van der Waals surface area contributed by atoms with Gasteiger partial charge in [-0.3, -0.25) is 0 Å². The van der Waals surface area contributed by atoms with E-state index in [1.807, 2.05) is 53.6 Å². The summed E-state index contributed by atoms with van der Waals surface area (Å²) in [6, 6.07) is 10.4. The molecule has 0 amide bonds. The molecule has 0 aliphatic rings. The summed E-state index contributed by atoms with van der Waals surface area (Å²) in [5.74, 6) is 0. The Bertz CT molecular complexity index is 702. The average molecular weight is 298 g/mol. The van der Waals surface area contributed by atoms with Crippen LogP contribution >= 0.6 is 11.3 Å². The quantitative estimate of drug-likeness (QED) is 0.781. The van der Waals surface area contributed by atoms with Crippen LogP contribution in [0.3, 0.4) is 0 Å². The molecule has 0 radical (unpaired) electrons. The zero-order valence-corrected chi connectivity index (χ0v) is 13.0. The van der Waals surface area contributed by atoms with E-state index >= 15 is 0 Å². The van der Waals surface area contributed by atoms with E-state index in [4.69, 9.17) is 0 Å². The molecule has 0 aliphatic heterocycles. The number of rotatable bonds is 5. The van der Waals surface area contributed by atoms with Crippen LogP contribution in [0.15, 0.2) is 48.9 Å². The van der Waals surface area contributed by atoms with E-state index in [-0.39, 0.29) is 0 Å². The van der Waals surface area contributed by atoms with E-state index in [1.54, 1.807) is 11.3 Å². The van der Waals surface area contributed by atoms with Crippen molar-refractivity contribution in [3.8, 4) is 16.3 Å². The Balaban J connectivity index is 1.84. The molecule has 2 heterocycles. The predicted octanol–water partition coefficient (Wildman–Crippen LogP) is 3.67. The number of thiazole rings is 1. The van der Waals surface area contributed by atoms with Crippen molar-refractivity contribution >= 4 is 11.3 Å². The first-order chi connectivity index (χ1) is 10.3. The van der Waals surface area contributed by atoms with E-state index in [2.05, 4.69) is 29.2 Å². The largest absolute Gasteiger partial charge is 0.310 e. The van der Waals surface area contributed by atoms with Gasteiger partial charge in [0.25, 0.3) is 0 Å². The topological polar surface area (TPSA) is 42.7 Å². The summed E-state index contributed by atoms with van der Waals surface area (Å²) in [7, 11) is 0. The van der Waals surface area contributed by atoms with Gasteiger partial charge in [0, 0.05) is 28.9 Å². The van der Waals surface area contributed by atoms with Crippen molar-refractivity contribution in [3.05, 3.63) is 53.8 Å². The molecule has 1 aromatic carbocycles. The van der Waals surface area contributed by atoms with Gasteiger partial charge in [-0.15, -0.1) is 11.3 Å². The Morgan fingerprint density at radius 1 is 1.24 bits per heavy atom. The summed E-state index contributed by atoms with van der Waals surface area (Å²) in [4.78, 5) is 5.77. The maximum absolute atomic E-state index is 4.52. The Morgan fingerprint density at radius 2 is 2.05 bits per heavy atom. The van der Waals surface area contributed by atoms with Crippen LogP contribution in [0.2, 0.25) is 0 Å². The lowest BCUT2D eigenvalue weighted by atomic mass is 10.3. The lowest BCUT2D eigenvalue weighted by molar-refractivity contribution is 0.606. The molecule has 1 unspecified atom stereocenters. The van der Waals surface area contributed by atoms with Crippen LogP contribution in [0.1, 0.15) is 24.8 Å². The molecule has 1 atom stereocenters. The van der Waals surface area contributed by atoms with Gasteiger partial charge < -0.3 is 5.32 Å². The van der Waals surface area contributed by atoms with E-state index in [9.17, 15) is 0 Å². The number of para-hydroxylation sites is 1. The van der Waals surface area contributed by atoms with Crippen LogP contribution in [0.5, 0.6) is 0 Å². The minimum Gasteiger partial charge on any atom is -0.310 e. The van der Waals surface area contributed by atoms with Crippen molar-refractivity contribution in [2.24, 2.45) is 0 Å². The highest BCUT2D eigenvalue weighted by molar-refractivity contribution is 7.15. The first kappa shape index (κ1) is 14.0. The van der Waals surface area contributed by atoms with Gasteiger partial charge in [0.15, 0.2) is 0 Å². The predicted molar refractivity (Wildman–Crippen MR) is 86.8 cm³/mol. The molecule has 3 rings (SSSR count). The zero-order valence-electron chi connectivity index (χ0n) is 12.2. The number of hydrogen-bond acceptors (Lipinski definition) is 4. The van der Waals surface area contributed by atoms with Crippen LogP contribution < -0.4 is 5.32 Å². The normalized spacial score (nSPS) is 12.5. The average Bonchev–Trinajstić information content (AvgIpc) is 3.17. The van der Waals surface area contributed by atoms with E-state index < -0.39 is 0 Å². The summed E-state index contributed by atoms with van der Waals surface area (Å²) < 4.78 is 1.88. The molecule has 0 aliphatic carbocycles. The summed E-state index contributed by atoms with van der Waals surface area (Å²) in [6.07, 6.45) is 5.84. The number of nitrogens with zero attached hydrogens (tertiary/aromatic N) is 3. The molecule has 0 fully saturated rings. The highest BCUT2D eigenvalue weighted by Gasteiger charge is 2.11. The smallest absolute Gasteiger partial charge is 0.126 e. The number of benzene rings is 1. The zero-order chi connectivity index (χ0) is 14.7. The van der Waals surface area contributed by atoms with Crippen LogP contribution in [0.25, 0.3) is 16.3 Å². The van der Waals surface area contributed by atoms with Gasteiger partial charge in [-0.25, -0.2) is 9.67 Å². The second-order valence-electron chi connectivity index (χ2n) is 4.86. The molecule has 0 saturated carbocycles. The molecule has 108 valence electrons. The Kier molecular flexibility index (Phi) is 4.13. The summed E-state index contributed by atoms with van der Waals surface area (Å²) in [5.41, 5.74) is 2.11. The van der Waals surface area contributed by atoms with E-state index in [1.165, 1.54) is 4.88 Å². The first-order valence-corrected chi connectivity index (χ1v) is 7.89. The fourth-order valence-electron chi connectivity index (χ4n) is 2.18. The highest BCUT2D eigenvalue weighted by Crippen LogP contribution is 2.28. The molecule has 4 nitrogen and oxygen atoms in total. The van der Waals surface area contributed by atoms with Crippen LogP contribution in [0.4, 0.5) is 0 Å². The summed E-state index contributed by atoms with van der Waals surface area (Å²) in [6.45, 7) is 5.23. The number of aromatic nitrogens is 3. The Labute approximate surface area is 128 Å². The van der Waals surface area contributed by atoms with Crippen molar-refractivity contribution in [2.45, 2.75) is 19.9 Å². The molecule has 0 spiro atoms. The van der Waals surface area contributed by atoms with Crippen molar-refractivity contribution in [2.75, 3.05) is 6.54 Å². The SMILES string of the molecule is CCNC(C)c1cnc(-c2cnn(-c3ccccc3)c2)s1. The molecule has 21 heavy (non-hydrogen) atoms. The van der Waals surface area contributed by atoms with E-state index in [0.717, 1.165) is 22.8 Å². The Morgan fingerprint density at radius 3 is 2.81 bits per heavy atom. The van der Waals surface area contributed by atoms with Crippen molar-refractivity contribution in [3.63, 3.8) is 0 Å². The lowest BCUT2D eigenvalue weighted by Crippen LogP contribution is -2.16. The van der Waals surface area contributed by atoms with Gasteiger partial charge in [-0.2, -0.15) is 5.10 Å². The molecular weight excluding hydrogens is 280 g/mol. The lowest BCUT2D eigenvalue weighted by Gasteiger charge is -2.07. The third-order valence-electron chi connectivity index (χ3n) is 3.31. The Hall–Kier alpha value is -1.98. The molecular formula is C16H18N4S. The standard InChI is InChI=1S/C16H18N4S/c1-3-17-12(2)15-10-18-16(21-15)13-9-19-20(11-13)14-7-5-4-6-8-14/h4-12,17H,3H2,1-2H3. The second kappa shape index (κ2) is 6.20. The van der Waals surface area contributed by atoms with Crippen LogP contribution in [0, 0.1) is 0 Å². The number of nitrogens with one attached hydrogen (secondary N) is 1. The molecule has 2 aromatic heterocycles. The minimum atomic E-state index is 0.338. The van der Waals surface area contributed by atoms with E-state index in [0.29, 0.717) is 6.04 Å². The molecule has 1 N–H and O–H groups in total. The van der Waals surface area contributed by atoms with Crippen LogP contribution in [-0.4, -0.2) is 21.3 Å². The highest BCUT2D eigenvalue weighted by atomic mass is 32.1. The second-order valence-corrected chi connectivity index (χ2v) is 5.92. The fourth-order valence-corrected chi connectivity index (χ4v) is 3.10. The molecule has 5 heteroatoms. The first-order valence-electron chi connectivity index (χ1n) is 7.07. The summed E-state index contributed by atoms with van der Waals surface area (Å²) in [5, 5.41) is 8.84. The van der Waals surface area contributed by atoms with Gasteiger partial charge in [-0.05, 0) is 25.6 Å². The van der Waals surface area contributed by atoms with Gasteiger partial charge in [0.2, 0.25) is 0 Å². The maximum atomic E-state index is 4.52. The van der Waals surface area contributed by atoms with Crippen molar-refractivity contribution in [1.29, 1.82) is 0 Å². The molecule has 0 bridgehead atoms. The van der Waals surface area contributed by atoms with Gasteiger partial charge in [-0.1, -0.05) is 25.1 Å². The van der Waals surface area contributed by atoms with Crippen molar-refractivity contribution in [1.82, 2.24) is 20.1 Å². The minimum absolute atomic E-state index is 0.338. The molecule has 3 aromatic rings. The van der Waals surface area contributed by atoms with Gasteiger partial charge in [0.05, 0.1) is 11.9 Å². The van der Waals surface area contributed by atoms with Gasteiger partial charge in [0.1, 0.15) is 5.01 Å². The third kappa shape index (κ3) is 3.04. The number of hydrogen-bond donors (Lipinski definition) is 1. The molecule has 0 saturated heterocycles. The van der Waals surface area contributed by atoms with Crippen LogP contribution in [-0.2, 0) is 0 Å². The summed E-state index contributed by atoms with van der Waals surface area (Å²) >= 11 is 1.72. The third-order valence-corrected chi connectivity index (χ3v) is 4.54. The maximum Gasteiger partial charge on any atom is 0.126 e. The monoisotopic (exact) mass is 298 g/mol. The van der Waals surface area contributed by atoms with Gasteiger partial charge >= 0.3 is 0 Å². The fraction of sp³-hybridized carbons (Fsp3) is 0.250. The van der Waals surface area contributed by atoms with Crippen molar-refractivity contribution < 1.29 is 0 Å².